The maximum atomic E-state index is 9.44. The van der Waals surface area contributed by atoms with Gasteiger partial charge in [-0.05, 0) is 49.7 Å². The summed E-state index contributed by atoms with van der Waals surface area (Å²) in [6.45, 7) is 11.8. The van der Waals surface area contributed by atoms with Gasteiger partial charge in [0.15, 0.2) is 5.96 Å². The van der Waals surface area contributed by atoms with Crippen molar-refractivity contribution in [3.05, 3.63) is 53.6 Å². The minimum Gasteiger partial charge on any atom is -0.396 e. The number of aromatic nitrogens is 2. The fourth-order valence-electron chi connectivity index (χ4n) is 3.56. The van der Waals surface area contributed by atoms with Crippen molar-refractivity contribution in [2.24, 2.45) is 10.4 Å². The first-order valence-corrected chi connectivity index (χ1v) is 10.7. The average molecular weight is 400 g/mol. The first-order valence-electron chi connectivity index (χ1n) is 10.7. The van der Waals surface area contributed by atoms with Gasteiger partial charge >= 0.3 is 0 Å². The van der Waals surface area contributed by atoms with E-state index < -0.39 is 0 Å². The third-order valence-electron chi connectivity index (χ3n) is 5.80. The van der Waals surface area contributed by atoms with Gasteiger partial charge in [0.2, 0.25) is 0 Å². The van der Waals surface area contributed by atoms with Crippen molar-refractivity contribution in [1.82, 2.24) is 20.2 Å². The number of imidazole rings is 1. The zero-order valence-electron chi connectivity index (χ0n) is 18.4. The summed E-state index contributed by atoms with van der Waals surface area (Å²) in [7, 11) is 0. The van der Waals surface area contributed by atoms with Gasteiger partial charge in [0.05, 0.1) is 6.54 Å². The monoisotopic (exact) mass is 399 g/mol. The molecule has 1 aromatic heterocycles. The number of aliphatic imine (C=N–C) groups is 1. The van der Waals surface area contributed by atoms with Gasteiger partial charge in [0, 0.05) is 38.6 Å². The second-order valence-corrected chi connectivity index (χ2v) is 7.65. The molecule has 6 heteroatoms. The van der Waals surface area contributed by atoms with Crippen LogP contribution in [0.4, 0.5) is 0 Å². The van der Waals surface area contributed by atoms with Gasteiger partial charge in [0.1, 0.15) is 5.82 Å². The molecule has 6 nitrogen and oxygen atoms in total. The molecule has 0 bridgehead atoms. The Balaban J connectivity index is 2.04. The Labute approximate surface area is 175 Å². The topological polar surface area (TPSA) is 74.5 Å². The number of benzene rings is 1. The standard InChI is InChI=1S/C23H37N5O/c1-5-23(6-2,11-14-29)18-27-22(24-7-3)26-16-20-9-8-10-21(15-20)17-28-13-12-25-19(28)4/h8-10,12-13,15,29H,5-7,11,14,16-18H2,1-4H3,(H2,24,26,27). The molecule has 0 atom stereocenters. The van der Waals surface area contributed by atoms with Crippen LogP contribution in [0.5, 0.6) is 0 Å². The minimum absolute atomic E-state index is 0.105. The summed E-state index contributed by atoms with van der Waals surface area (Å²) in [6.07, 6.45) is 6.72. The van der Waals surface area contributed by atoms with Crippen LogP contribution >= 0.6 is 0 Å². The second-order valence-electron chi connectivity index (χ2n) is 7.65. The van der Waals surface area contributed by atoms with Gasteiger partial charge in [-0.1, -0.05) is 38.1 Å². The number of rotatable bonds is 11. The van der Waals surface area contributed by atoms with Crippen LogP contribution in [0.1, 0.15) is 57.0 Å². The maximum Gasteiger partial charge on any atom is 0.191 e. The highest BCUT2D eigenvalue weighted by atomic mass is 16.3. The van der Waals surface area contributed by atoms with E-state index in [0.29, 0.717) is 6.54 Å². The van der Waals surface area contributed by atoms with Gasteiger partial charge in [-0.3, -0.25) is 0 Å². The third kappa shape index (κ3) is 6.89. The summed E-state index contributed by atoms with van der Waals surface area (Å²) in [4.78, 5) is 9.08. The SMILES string of the molecule is CCNC(=NCc1cccc(Cn2ccnc2C)c1)NCC(CC)(CC)CCO. The van der Waals surface area contributed by atoms with E-state index >= 15 is 0 Å². The van der Waals surface area contributed by atoms with E-state index in [1.165, 1.54) is 11.1 Å². The average Bonchev–Trinajstić information content (AvgIpc) is 3.14. The van der Waals surface area contributed by atoms with Crippen molar-refractivity contribution < 1.29 is 5.11 Å². The predicted octanol–water partition coefficient (Wildman–Crippen LogP) is 3.48. The van der Waals surface area contributed by atoms with Crippen LogP contribution in [0.2, 0.25) is 0 Å². The van der Waals surface area contributed by atoms with Crippen LogP contribution in [-0.4, -0.2) is 40.3 Å². The van der Waals surface area contributed by atoms with Crippen LogP contribution in [0.25, 0.3) is 0 Å². The third-order valence-corrected chi connectivity index (χ3v) is 5.80. The quantitative estimate of drug-likeness (QED) is 0.399. The number of nitrogens with zero attached hydrogens (tertiary/aromatic N) is 3. The van der Waals surface area contributed by atoms with Crippen LogP contribution in [-0.2, 0) is 13.1 Å². The zero-order valence-corrected chi connectivity index (χ0v) is 18.4. The summed E-state index contributed by atoms with van der Waals surface area (Å²) in [5.74, 6) is 1.85. The zero-order chi connectivity index (χ0) is 21.1. The molecule has 0 spiro atoms. The lowest BCUT2D eigenvalue weighted by Gasteiger charge is -2.32. The largest absolute Gasteiger partial charge is 0.396 e. The Hall–Kier alpha value is -2.34. The van der Waals surface area contributed by atoms with Crippen molar-refractivity contribution in [3.8, 4) is 0 Å². The number of hydrogen-bond acceptors (Lipinski definition) is 3. The molecule has 0 fully saturated rings. The molecule has 1 aromatic carbocycles. The summed E-state index contributed by atoms with van der Waals surface area (Å²) in [5, 5.41) is 16.3. The Morgan fingerprint density at radius 2 is 1.93 bits per heavy atom. The molecule has 160 valence electrons. The molecule has 0 aliphatic rings. The molecule has 0 saturated carbocycles. The van der Waals surface area contributed by atoms with Crippen LogP contribution in [0.15, 0.2) is 41.7 Å². The van der Waals surface area contributed by atoms with Crippen molar-refractivity contribution in [2.45, 2.75) is 60.0 Å². The van der Waals surface area contributed by atoms with E-state index in [2.05, 4.69) is 65.2 Å². The minimum atomic E-state index is 0.105. The predicted molar refractivity (Wildman–Crippen MR) is 120 cm³/mol. The van der Waals surface area contributed by atoms with Crippen molar-refractivity contribution in [3.63, 3.8) is 0 Å². The van der Waals surface area contributed by atoms with E-state index in [0.717, 1.165) is 50.7 Å². The lowest BCUT2D eigenvalue weighted by atomic mass is 9.79. The molecule has 0 aliphatic heterocycles. The number of aryl methyl sites for hydroxylation is 1. The van der Waals surface area contributed by atoms with Crippen LogP contribution < -0.4 is 10.6 Å². The number of nitrogens with one attached hydrogen (secondary N) is 2. The molecule has 0 radical (unpaired) electrons. The second kappa shape index (κ2) is 11.6. The summed E-state index contributed by atoms with van der Waals surface area (Å²) < 4.78 is 2.14. The highest BCUT2D eigenvalue weighted by Gasteiger charge is 2.25. The number of hydrogen-bond donors (Lipinski definition) is 3. The summed E-state index contributed by atoms with van der Waals surface area (Å²) in [5.41, 5.74) is 2.54. The van der Waals surface area contributed by atoms with E-state index in [1.54, 1.807) is 0 Å². The number of aliphatic hydroxyl groups is 1. The van der Waals surface area contributed by atoms with Crippen LogP contribution in [0.3, 0.4) is 0 Å². The number of aliphatic hydroxyl groups excluding tert-OH is 1. The maximum absolute atomic E-state index is 9.44. The number of guanidine groups is 1. The molecule has 1 heterocycles. The Bertz CT molecular complexity index is 764. The fourth-order valence-corrected chi connectivity index (χ4v) is 3.56. The normalized spacial score (nSPS) is 12.2. The lowest BCUT2D eigenvalue weighted by molar-refractivity contribution is 0.169. The molecule has 2 rings (SSSR count). The van der Waals surface area contributed by atoms with Gasteiger partial charge in [-0.25, -0.2) is 9.98 Å². The van der Waals surface area contributed by atoms with Gasteiger partial charge in [0.25, 0.3) is 0 Å². The van der Waals surface area contributed by atoms with E-state index in [9.17, 15) is 5.11 Å². The van der Waals surface area contributed by atoms with Crippen LogP contribution in [0, 0.1) is 12.3 Å². The van der Waals surface area contributed by atoms with Crippen molar-refractivity contribution in [1.29, 1.82) is 0 Å². The highest BCUT2D eigenvalue weighted by molar-refractivity contribution is 5.79. The Morgan fingerprint density at radius 1 is 1.17 bits per heavy atom. The first-order chi connectivity index (χ1) is 14.1. The summed E-state index contributed by atoms with van der Waals surface area (Å²) >= 11 is 0. The lowest BCUT2D eigenvalue weighted by Crippen LogP contribution is -2.43. The molecular weight excluding hydrogens is 362 g/mol. The molecular formula is C23H37N5O. The highest BCUT2D eigenvalue weighted by Crippen LogP contribution is 2.29. The van der Waals surface area contributed by atoms with E-state index in [-0.39, 0.29) is 12.0 Å². The molecule has 2 aromatic rings. The first kappa shape index (κ1) is 22.9. The smallest absolute Gasteiger partial charge is 0.191 e. The molecule has 0 aliphatic carbocycles. The molecule has 0 saturated heterocycles. The molecule has 3 N–H and O–H groups in total. The van der Waals surface area contributed by atoms with Crippen molar-refractivity contribution in [2.75, 3.05) is 19.7 Å². The Morgan fingerprint density at radius 3 is 2.55 bits per heavy atom. The molecule has 29 heavy (non-hydrogen) atoms. The van der Waals surface area contributed by atoms with E-state index in [4.69, 9.17) is 4.99 Å². The van der Waals surface area contributed by atoms with Gasteiger partial charge in [-0.15, -0.1) is 0 Å². The van der Waals surface area contributed by atoms with Gasteiger partial charge < -0.3 is 20.3 Å². The summed E-state index contributed by atoms with van der Waals surface area (Å²) in [6, 6.07) is 8.56. The molecule has 0 amide bonds. The van der Waals surface area contributed by atoms with E-state index in [1.807, 2.05) is 19.3 Å². The fraction of sp³-hybridized carbons (Fsp3) is 0.565. The molecule has 0 unspecified atom stereocenters. The Kier molecular flexibility index (Phi) is 9.19. The van der Waals surface area contributed by atoms with Gasteiger partial charge in [-0.2, -0.15) is 0 Å². The van der Waals surface area contributed by atoms with Crippen molar-refractivity contribution >= 4 is 5.96 Å².